The number of amides is 2. The molecule has 0 bridgehead atoms. The van der Waals surface area contributed by atoms with Gasteiger partial charge in [0, 0.05) is 37.9 Å². The fourth-order valence-electron chi connectivity index (χ4n) is 4.70. The first-order chi connectivity index (χ1) is 12.4. The molecular weight excluding hydrogens is 330 g/mol. The average molecular weight is 359 g/mol. The molecule has 1 aromatic rings. The van der Waals surface area contributed by atoms with Crippen molar-refractivity contribution >= 4 is 11.8 Å². The number of hydrogen-bond acceptors (Lipinski definition) is 4. The summed E-state index contributed by atoms with van der Waals surface area (Å²) in [7, 11) is 0. The van der Waals surface area contributed by atoms with E-state index in [0.717, 1.165) is 43.7 Å². The number of rotatable bonds is 5. The highest BCUT2D eigenvalue weighted by molar-refractivity contribution is 5.81. The van der Waals surface area contributed by atoms with Gasteiger partial charge in [0.1, 0.15) is 5.76 Å². The molecule has 26 heavy (non-hydrogen) atoms. The van der Waals surface area contributed by atoms with E-state index in [-0.39, 0.29) is 17.4 Å². The van der Waals surface area contributed by atoms with E-state index in [0.29, 0.717) is 30.7 Å². The number of aryl methyl sites for hydroxylation is 2. The van der Waals surface area contributed by atoms with Crippen molar-refractivity contribution < 1.29 is 14.1 Å². The van der Waals surface area contributed by atoms with Gasteiger partial charge in [0.25, 0.3) is 0 Å². The highest BCUT2D eigenvalue weighted by Gasteiger charge is 2.55. The predicted octanol–water partition coefficient (Wildman–Crippen LogP) is 2.60. The van der Waals surface area contributed by atoms with Crippen molar-refractivity contribution in [3.63, 3.8) is 0 Å². The topological polar surface area (TPSA) is 75.4 Å². The standard InChI is InChI=1S/C20H29N3O3/c1-14-10-16(26-22-14)4-5-17(24)21-19(2)6-3-9-23(13-19)18(25)15-11-20(12-15)7-8-20/h10,15H,3-9,11-13H2,1-2H3,(H,21,24). The first kappa shape index (κ1) is 17.6. The Morgan fingerprint density at radius 2 is 2.12 bits per heavy atom. The second kappa shape index (κ2) is 6.39. The van der Waals surface area contributed by atoms with Crippen LogP contribution in [0.15, 0.2) is 10.6 Å². The number of carbonyl (C=O) groups is 2. The maximum absolute atomic E-state index is 12.8. The van der Waals surface area contributed by atoms with Crippen molar-refractivity contribution in [2.45, 2.75) is 70.8 Å². The molecule has 1 spiro atoms. The van der Waals surface area contributed by atoms with E-state index in [1.807, 2.05) is 17.9 Å². The maximum atomic E-state index is 12.8. The smallest absolute Gasteiger partial charge is 0.225 e. The molecule has 6 nitrogen and oxygen atoms in total. The molecule has 2 heterocycles. The molecule has 0 aromatic carbocycles. The Morgan fingerprint density at radius 3 is 2.77 bits per heavy atom. The number of nitrogens with zero attached hydrogens (tertiary/aromatic N) is 2. The Bertz CT molecular complexity index is 701. The number of nitrogens with one attached hydrogen (secondary N) is 1. The maximum Gasteiger partial charge on any atom is 0.225 e. The van der Waals surface area contributed by atoms with Gasteiger partial charge in [0.15, 0.2) is 0 Å². The van der Waals surface area contributed by atoms with Crippen molar-refractivity contribution in [1.82, 2.24) is 15.4 Å². The largest absolute Gasteiger partial charge is 0.361 e. The summed E-state index contributed by atoms with van der Waals surface area (Å²) in [6, 6.07) is 1.86. The Balaban J connectivity index is 1.27. The number of aromatic nitrogens is 1. The minimum absolute atomic E-state index is 0.0106. The highest BCUT2D eigenvalue weighted by atomic mass is 16.5. The lowest BCUT2D eigenvalue weighted by molar-refractivity contribution is -0.144. The summed E-state index contributed by atoms with van der Waals surface area (Å²) < 4.78 is 5.16. The fourth-order valence-corrected chi connectivity index (χ4v) is 4.70. The zero-order valence-electron chi connectivity index (χ0n) is 15.8. The summed E-state index contributed by atoms with van der Waals surface area (Å²) >= 11 is 0. The molecule has 1 unspecified atom stereocenters. The van der Waals surface area contributed by atoms with Crippen LogP contribution in [0.5, 0.6) is 0 Å². The van der Waals surface area contributed by atoms with E-state index < -0.39 is 0 Å². The second-order valence-electron chi connectivity index (χ2n) is 9.01. The zero-order chi connectivity index (χ0) is 18.4. The van der Waals surface area contributed by atoms with Gasteiger partial charge in [-0.15, -0.1) is 0 Å². The van der Waals surface area contributed by atoms with E-state index in [1.54, 1.807) is 0 Å². The van der Waals surface area contributed by atoms with Crippen molar-refractivity contribution in [1.29, 1.82) is 0 Å². The SMILES string of the molecule is Cc1cc(CCC(=O)NC2(C)CCCN(C(=O)C3CC4(CC4)C3)C2)on1. The lowest BCUT2D eigenvalue weighted by Gasteiger charge is -2.44. The molecule has 1 aliphatic heterocycles. The molecule has 142 valence electrons. The van der Waals surface area contributed by atoms with Gasteiger partial charge in [-0.1, -0.05) is 5.16 Å². The predicted molar refractivity (Wildman–Crippen MR) is 96.3 cm³/mol. The van der Waals surface area contributed by atoms with E-state index in [9.17, 15) is 9.59 Å². The van der Waals surface area contributed by atoms with Crippen LogP contribution in [0.2, 0.25) is 0 Å². The van der Waals surface area contributed by atoms with Gasteiger partial charge in [-0.2, -0.15) is 0 Å². The number of carbonyl (C=O) groups excluding carboxylic acids is 2. The molecule has 3 aliphatic rings. The van der Waals surface area contributed by atoms with Crippen LogP contribution < -0.4 is 5.32 Å². The highest BCUT2D eigenvalue weighted by Crippen LogP contribution is 2.63. The van der Waals surface area contributed by atoms with E-state index >= 15 is 0 Å². The van der Waals surface area contributed by atoms with Crippen LogP contribution in [0.1, 0.15) is 63.3 Å². The van der Waals surface area contributed by atoms with Gasteiger partial charge < -0.3 is 14.7 Å². The molecule has 0 radical (unpaired) electrons. The van der Waals surface area contributed by atoms with Crippen LogP contribution >= 0.6 is 0 Å². The fraction of sp³-hybridized carbons (Fsp3) is 0.750. The van der Waals surface area contributed by atoms with E-state index in [1.165, 1.54) is 12.8 Å². The quantitative estimate of drug-likeness (QED) is 0.877. The third kappa shape index (κ3) is 3.64. The molecule has 3 fully saturated rings. The second-order valence-corrected chi connectivity index (χ2v) is 9.01. The monoisotopic (exact) mass is 359 g/mol. The van der Waals surface area contributed by atoms with E-state index in [2.05, 4.69) is 17.4 Å². The van der Waals surface area contributed by atoms with Gasteiger partial charge >= 0.3 is 0 Å². The molecule has 1 aromatic heterocycles. The molecular formula is C20H29N3O3. The summed E-state index contributed by atoms with van der Waals surface area (Å²) in [6.07, 6.45) is 7.59. The molecule has 2 saturated carbocycles. The third-order valence-corrected chi connectivity index (χ3v) is 6.39. The lowest BCUT2D eigenvalue weighted by atomic mass is 9.71. The first-order valence-corrected chi connectivity index (χ1v) is 9.89. The summed E-state index contributed by atoms with van der Waals surface area (Å²) in [4.78, 5) is 27.2. The first-order valence-electron chi connectivity index (χ1n) is 9.89. The summed E-state index contributed by atoms with van der Waals surface area (Å²) in [5.41, 5.74) is 1.05. The Morgan fingerprint density at radius 1 is 1.35 bits per heavy atom. The van der Waals surface area contributed by atoms with Crippen molar-refractivity contribution in [3.05, 3.63) is 17.5 Å². The average Bonchev–Trinajstić information content (AvgIpc) is 3.26. The van der Waals surface area contributed by atoms with Crippen LogP contribution in [0.3, 0.4) is 0 Å². The van der Waals surface area contributed by atoms with Gasteiger partial charge in [-0.05, 0) is 57.8 Å². The normalized spacial score (nSPS) is 27.2. The molecule has 2 amide bonds. The minimum atomic E-state index is -0.330. The summed E-state index contributed by atoms with van der Waals surface area (Å²) in [5.74, 6) is 1.28. The third-order valence-electron chi connectivity index (χ3n) is 6.39. The van der Waals surface area contributed by atoms with Crippen LogP contribution in [0.25, 0.3) is 0 Å². The summed E-state index contributed by atoms with van der Waals surface area (Å²) in [5, 5.41) is 7.01. The molecule has 6 heteroatoms. The minimum Gasteiger partial charge on any atom is -0.361 e. The van der Waals surface area contributed by atoms with Crippen molar-refractivity contribution in [2.24, 2.45) is 11.3 Å². The number of hydrogen-bond donors (Lipinski definition) is 1. The molecule has 1 atom stereocenters. The molecule has 1 N–H and O–H groups in total. The Kier molecular flexibility index (Phi) is 4.32. The summed E-state index contributed by atoms with van der Waals surface area (Å²) in [6.45, 7) is 5.38. The van der Waals surface area contributed by atoms with E-state index in [4.69, 9.17) is 4.52 Å². The van der Waals surface area contributed by atoms with Gasteiger partial charge in [-0.25, -0.2) is 0 Å². The van der Waals surface area contributed by atoms with Crippen LogP contribution in [0, 0.1) is 18.3 Å². The van der Waals surface area contributed by atoms with Crippen LogP contribution in [-0.4, -0.2) is 40.5 Å². The zero-order valence-corrected chi connectivity index (χ0v) is 15.8. The van der Waals surface area contributed by atoms with Gasteiger partial charge in [0.05, 0.1) is 11.2 Å². The van der Waals surface area contributed by atoms with Crippen LogP contribution in [-0.2, 0) is 16.0 Å². The van der Waals surface area contributed by atoms with Crippen molar-refractivity contribution in [3.8, 4) is 0 Å². The van der Waals surface area contributed by atoms with Gasteiger partial charge in [0.2, 0.25) is 11.8 Å². The lowest BCUT2D eigenvalue weighted by Crippen LogP contribution is -2.59. The van der Waals surface area contributed by atoms with Crippen molar-refractivity contribution in [2.75, 3.05) is 13.1 Å². The molecule has 2 aliphatic carbocycles. The number of likely N-dealkylation sites (tertiary alicyclic amines) is 1. The Labute approximate surface area is 154 Å². The molecule has 4 rings (SSSR count). The Hall–Kier alpha value is -1.85. The van der Waals surface area contributed by atoms with Crippen LogP contribution in [0.4, 0.5) is 0 Å². The number of piperidine rings is 1. The molecule has 1 saturated heterocycles. The van der Waals surface area contributed by atoms with Gasteiger partial charge in [-0.3, -0.25) is 9.59 Å².